The van der Waals surface area contributed by atoms with Gasteiger partial charge in [-0.2, -0.15) is 13.2 Å². The lowest BCUT2D eigenvalue weighted by atomic mass is 10.1. The Balaban J connectivity index is 3.52. The van der Waals surface area contributed by atoms with Crippen molar-refractivity contribution in [3.63, 3.8) is 0 Å². The summed E-state index contributed by atoms with van der Waals surface area (Å²) in [5.41, 5.74) is -4.64. The van der Waals surface area contributed by atoms with E-state index in [1.54, 1.807) is 0 Å². The van der Waals surface area contributed by atoms with Gasteiger partial charge in [-0.25, -0.2) is 13.8 Å². The van der Waals surface area contributed by atoms with Crippen molar-refractivity contribution >= 4 is 5.69 Å². The Morgan fingerprint density at radius 1 is 1.41 bits per heavy atom. The van der Waals surface area contributed by atoms with E-state index in [1.807, 2.05) is 0 Å². The largest absolute Gasteiger partial charge is 0.433 e. The number of halogens is 5. The minimum absolute atomic E-state index is 0.365. The molecule has 0 aliphatic heterocycles. The molecule has 0 amide bonds. The topological polar surface area (TPSA) is 56.0 Å². The zero-order chi connectivity index (χ0) is 13.4. The van der Waals surface area contributed by atoms with Crippen molar-refractivity contribution in [2.75, 3.05) is 0 Å². The molecule has 1 heterocycles. The molecule has 0 spiro atoms. The van der Waals surface area contributed by atoms with Gasteiger partial charge in [-0.3, -0.25) is 10.1 Å². The Hall–Kier alpha value is -1.80. The third-order valence-corrected chi connectivity index (χ3v) is 1.89. The van der Waals surface area contributed by atoms with E-state index >= 15 is 0 Å². The molecule has 0 saturated carbocycles. The van der Waals surface area contributed by atoms with Crippen LogP contribution in [0.25, 0.3) is 0 Å². The molecular formula is C8H5F5N2O2. The van der Waals surface area contributed by atoms with Crippen molar-refractivity contribution in [1.82, 2.24) is 4.98 Å². The molecule has 0 atom stereocenters. The van der Waals surface area contributed by atoms with E-state index in [1.165, 1.54) is 0 Å². The highest BCUT2D eigenvalue weighted by molar-refractivity contribution is 5.45. The second-order valence-electron chi connectivity index (χ2n) is 3.11. The fourth-order valence-corrected chi connectivity index (χ4v) is 1.23. The zero-order valence-corrected chi connectivity index (χ0v) is 8.26. The summed E-state index contributed by atoms with van der Waals surface area (Å²) in [5, 5.41) is 10.5. The quantitative estimate of drug-likeness (QED) is 0.463. The third-order valence-electron chi connectivity index (χ3n) is 1.89. The number of nitrogens with zero attached hydrogens (tertiary/aromatic N) is 2. The Bertz CT molecular complexity index is 458. The molecule has 0 N–H and O–H groups in total. The fraction of sp³-hybridized carbons (Fsp3) is 0.375. The maximum Gasteiger partial charge on any atom is 0.433 e. The van der Waals surface area contributed by atoms with Crippen LogP contribution in [-0.2, 0) is 6.18 Å². The average molecular weight is 256 g/mol. The van der Waals surface area contributed by atoms with Gasteiger partial charge in [0.1, 0.15) is 5.69 Å². The van der Waals surface area contributed by atoms with Crippen LogP contribution in [-0.4, -0.2) is 9.91 Å². The number of alkyl halides is 5. The highest BCUT2D eigenvalue weighted by atomic mass is 19.4. The van der Waals surface area contributed by atoms with E-state index < -0.39 is 40.2 Å². The van der Waals surface area contributed by atoms with Crippen molar-refractivity contribution < 1.29 is 26.9 Å². The molecule has 1 aromatic heterocycles. The molecule has 4 nitrogen and oxygen atoms in total. The third kappa shape index (κ3) is 2.66. The molecule has 94 valence electrons. The van der Waals surface area contributed by atoms with E-state index in [0.717, 1.165) is 6.92 Å². The summed E-state index contributed by atoms with van der Waals surface area (Å²) in [6.45, 7) is 0.945. The molecule has 1 rings (SSSR count). The second kappa shape index (κ2) is 4.22. The summed E-state index contributed by atoms with van der Waals surface area (Å²) in [6, 6.07) is 0.365. The monoisotopic (exact) mass is 256 g/mol. The molecule has 1 aromatic rings. The Kier molecular flexibility index (Phi) is 3.30. The molecule has 0 bridgehead atoms. The van der Waals surface area contributed by atoms with Crippen LogP contribution in [0.2, 0.25) is 0 Å². The summed E-state index contributed by atoms with van der Waals surface area (Å²) in [4.78, 5) is 11.9. The van der Waals surface area contributed by atoms with Gasteiger partial charge in [0.25, 0.3) is 12.1 Å². The predicted octanol–water partition coefficient (Wildman–Crippen LogP) is 3.25. The van der Waals surface area contributed by atoms with E-state index in [9.17, 15) is 32.1 Å². The molecule has 0 aliphatic carbocycles. The average Bonchev–Trinajstić information content (AvgIpc) is 2.13. The van der Waals surface area contributed by atoms with Crippen LogP contribution >= 0.6 is 0 Å². The standard InChI is InChI=1S/C8H5F5N2O2/c1-3-2-4(8(11,12)13)14-5(7(9)10)6(3)15(16)17/h2,7H,1H3. The normalized spacial score (nSPS) is 11.9. The molecule has 0 radical (unpaired) electrons. The lowest BCUT2D eigenvalue weighted by Crippen LogP contribution is -2.12. The molecule has 0 fully saturated rings. The first-order valence-electron chi connectivity index (χ1n) is 4.16. The molecular weight excluding hydrogens is 251 g/mol. The first-order chi connectivity index (χ1) is 7.64. The predicted molar refractivity (Wildman–Crippen MR) is 45.6 cm³/mol. The van der Waals surface area contributed by atoms with Gasteiger partial charge in [-0.05, 0) is 13.0 Å². The second-order valence-corrected chi connectivity index (χ2v) is 3.11. The van der Waals surface area contributed by atoms with Crippen molar-refractivity contribution in [2.45, 2.75) is 19.5 Å². The summed E-state index contributed by atoms with van der Waals surface area (Å²) < 4.78 is 61.6. The molecule has 9 heteroatoms. The van der Waals surface area contributed by atoms with E-state index in [2.05, 4.69) is 4.98 Å². The van der Waals surface area contributed by atoms with Gasteiger partial charge in [0.15, 0.2) is 5.69 Å². The number of nitro groups is 1. The number of hydrogen-bond acceptors (Lipinski definition) is 3. The van der Waals surface area contributed by atoms with Gasteiger partial charge in [0, 0.05) is 5.56 Å². The molecule has 0 aromatic carbocycles. The van der Waals surface area contributed by atoms with E-state index in [-0.39, 0.29) is 0 Å². The van der Waals surface area contributed by atoms with Gasteiger partial charge in [0.05, 0.1) is 4.92 Å². The molecule has 0 saturated heterocycles. The van der Waals surface area contributed by atoms with Crippen LogP contribution in [0.1, 0.15) is 23.4 Å². The van der Waals surface area contributed by atoms with Crippen molar-refractivity contribution in [1.29, 1.82) is 0 Å². The smallest absolute Gasteiger partial charge is 0.258 e. The Labute approximate surface area is 91.2 Å². The van der Waals surface area contributed by atoms with Gasteiger partial charge in [0.2, 0.25) is 0 Å². The molecule has 17 heavy (non-hydrogen) atoms. The number of hydrogen-bond donors (Lipinski definition) is 0. The van der Waals surface area contributed by atoms with Crippen LogP contribution in [0, 0.1) is 17.0 Å². The molecule has 0 aliphatic rings. The SMILES string of the molecule is Cc1cc(C(F)(F)F)nc(C(F)F)c1[N+](=O)[O-]. The van der Waals surface area contributed by atoms with Crippen molar-refractivity contribution in [2.24, 2.45) is 0 Å². The summed E-state index contributed by atoms with van der Waals surface area (Å²) >= 11 is 0. The lowest BCUT2D eigenvalue weighted by molar-refractivity contribution is -0.387. The van der Waals surface area contributed by atoms with Crippen LogP contribution in [0.4, 0.5) is 27.6 Å². The van der Waals surface area contributed by atoms with Crippen LogP contribution in [0.15, 0.2) is 6.07 Å². The van der Waals surface area contributed by atoms with Crippen LogP contribution < -0.4 is 0 Å². The highest BCUT2D eigenvalue weighted by Gasteiger charge is 2.37. The summed E-state index contributed by atoms with van der Waals surface area (Å²) in [7, 11) is 0. The van der Waals surface area contributed by atoms with Crippen molar-refractivity contribution in [3.8, 4) is 0 Å². The molecule has 0 unspecified atom stereocenters. The van der Waals surface area contributed by atoms with E-state index in [4.69, 9.17) is 0 Å². The maximum absolute atomic E-state index is 12.4. The Morgan fingerprint density at radius 3 is 2.29 bits per heavy atom. The zero-order valence-electron chi connectivity index (χ0n) is 8.26. The van der Waals surface area contributed by atoms with Gasteiger partial charge < -0.3 is 0 Å². The summed E-state index contributed by atoms with van der Waals surface area (Å²) in [6.07, 6.45) is -8.37. The van der Waals surface area contributed by atoms with Crippen molar-refractivity contribution in [3.05, 3.63) is 33.1 Å². The summed E-state index contributed by atoms with van der Waals surface area (Å²) in [5.74, 6) is 0. The first kappa shape index (κ1) is 13.3. The van der Waals surface area contributed by atoms with Gasteiger partial charge in [-0.15, -0.1) is 0 Å². The maximum atomic E-state index is 12.4. The van der Waals surface area contributed by atoms with Gasteiger partial charge >= 0.3 is 6.18 Å². The minimum atomic E-state index is -4.93. The number of pyridine rings is 1. The minimum Gasteiger partial charge on any atom is -0.258 e. The van der Waals surface area contributed by atoms with Crippen LogP contribution in [0.5, 0.6) is 0 Å². The van der Waals surface area contributed by atoms with E-state index in [0.29, 0.717) is 6.07 Å². The fourth-order valence-electron chi connectivity index (χ4n) is 1.23. The first-order valence-corrected chi connectivity index (χ1v) is 4.16. The van der Waals surface area contributed by atoms with Gasteiger partial charge in [-0.1, -0.05) is 0 Å². The Morgan fingerprint density at radius 2 is 1.94 bits per heavy atom. The lowest BCUT2D eigenvalue weighted by Gasteiger charge is -2.09. The number of aryl methyl sites for hydroxylation is 1. The number of rotatable bonds is 2. The van der Waals surface area contributed by atoms with Crippen LogP contribution in [0.3, 0.4) is 0 Å². The number of aromatic nitrogens is 1. The highest BCUT2D eigenvalue weighted by Crippen LogP contribution is 2.35.